The van der Waals surface area contributed by atoms with Gasteiger partial charge in [0.15, 0.2) is 0 Å². The Morgan fingerprint density at radius 3 is 2.50 bits per heavy atom. The highest BCUT2D eigenvalue weighted by atomic mass is 32.2. The third-order valence-electron chi connectivity index (χ3n) is 3.68. The summed E-state index contributed by atoms with van der Waals surface area (Å²) in [6.07, 6.45) is 2.60. The van der Waals surface area contributed by atoms with Crippen LogP contribution >= 0.6 is 11.3 Å². The first-order chi connectivity index (χ1) is 12.6. The molecule has 3 rings (SSSR count). The summed E-state index contributed by atoms with van der Waals surface area (Å²) in [6, 6.07) is 16.5. The van der Waals surface area contributed by atoms with E-state index in [2.05, 4.69) is 21.8 Å². The van der Waals surface area contributed by atoms with E-state index in [1.54, 1.807) is 18.3 Å². The van der Waals surface area contributed by atoms with E-state index in [1.807, 2.05) is 25.1 Å². The molecule has 1 aromatic heterocycles. The van der Waals surface area contributed by atoms with Crippen molar-refractivity contribution in [3.8, 4) is 5.75 Å². The maximum atomic E-state index is 12.4. The molecule has 0 spiro atoms. The quantitative estimate of drug-likeness (QED) is 0.640. The molecule has 0 fully saturated rings. The lowest BCUT2D eigenvalue weighted by Gasteiger charge is -2.07. The van der Waals surface area contributed by atoms with Crippen molar-refractivity contribution in [1.82, 2.24) is 9.71 Å². The van der Waals surface area contributed by atoms with Crippen LogP contribution in [0.5, 0.6) is 5.75 Å². The average Bonchev–Trinajstić information content (AvgIpc) is 3.09. The van der Waals surface area contributed by atoms with Crippen LogP contribution in [-0.4, -0.2) is 20.0 Å². The molecule has 0 radical (unpaired) electrons. The Balaban J connectivity index is 1.61. The largest absolute Gasteiger partial charge is 0.494 e. The summed E-state index contributed by atoms with van der Waals surface area (Å²) in [5.41, 5.74) is 1.21. The van der Waals surface area contributed by atoms with Gasteiger partial charge >= 0.3 is 0 Å². The lowest BCUT2D eigenvalue weighted by atomic mass is 10.1. The van der Waals surface area contributed by atoms with Crippen LogP contribution in [0.15, 0.2) is 65.7 Å². The van der Waals surface area contributed by atoms with Gasteiger partial charge in [-0.1, -0.05) is 30.3 Å². The number of hydrogen-bond donors (Lipinski definition) is 1. The third kappa shape index (κ3) is 4.91. The van der Waals surface area contributed by atoms with Gasteiger partial charge in [-0.05, 0) is 36.8 Å². The van der Waals surface area contributed by atoms with Gasteiger partial charge in [-0.3, -0.25) is 0 Å². The van der Waals surface area contributed by atoms with Gasteiger partial charge in [0.1, 0.15) is 10.8 Å². The Hall–Kier alpha value is -2.22. The van der Waals surface area contributed by atoms with E-state index in [0.29, 0.717) is 12.4 Å². The summed E-state index contributed by atoms with van der Waals surface area (Å²) in [4.78, 5) is 5.63. The second kappa shape index (κ2) is 8.44. The molecule has 0 amide bonds. The Bertz CT molecular complexity index is 936. The van der Waals surface area contributed by atoms with Crippen molar-refractivity contribution < 1.29 is 13.2 Å². The van der Waals surface area contributed by atoms with Crippen molar-refractivity contribution in [2.75, 3.05) is 6.61 Å². The standard InChI is InChI=1S/C19H20N2O3S2/c1-2-24-16-8-10-18(11-9-16)26(22,23)21-14-19-20-13-17(25-19)12-15-6-4-3-5-7-15/h3-11,13,21H,2,12,14H2,1H3. The molecule has 0 atom stereocenters. The highest BCUT2D eigenvalue weighted by molar-refractivity contribution is 7.89. The summed E-state index contributed by atoms with van der Waals surface area (Å²) < 4.78 is 32.7. The van der Waals surface area contributed by atoms with E-state index < -0.39 is 10.0 Å². The lowest BCUT2D eigenvalue weighted by Crippen LogP contribution is -2.23. The molecule has 0 aliphatic heterocycles. The summed E-state index contributed by atoms with van der Waals surface area (Å²) in [7, 11) is -3.58. The fraction of sp³-hybridized carbons (Fsp3) is 0.211. The minimum Gasteiger partial charge on any atom is -0.494 e. The second-order valence-corrected chi connectivity index (χ2v) is 8.58. The number of benzene rings is 2. The molecule has 2 aromatic carbocycles. The van der Waals surface area contributed by atoms with Gasteiger partial charge in [-0.15, -0.1) is 11.3 Å². The smallest absolute Gasteiger partial charge is 0.240 e. The maximum Gasteiger partial charge on any atom is 0.240 e. The Kier molecular flexibility index (Phi) is 6.03. The molecule has 0 saturated carbocycles. The SMILES string of the molecule is CCOc1ccc(S(=O)(=O)NCc2ncc(Cc3ccccc3)s2)cc1. The molecular formula is C19H20N2O3S2. The summed E-state index contributed by atoms with van der Waals surface area (Å²) in [5, 5.41) is 0.741. The first kappa shape index (κ1) is 18.6. The number of aromatic nitrogens is 1. The summed E-state index contributed by atoms with van der Waals surface area (Å²) >= 11 is 1.51. The van der Waals surface area contributed by atoms with E-state index in [4.69, 9.17) is 4.74 Å². The van der Waals surface area contributed by atoms with Crippen LogP contribution in [0.25, 0.3) is 0 Å². The molecule has 1 heterocycles. The number of rotatable bonds is 8. The van der Waals surface area contributed by atoms with E-state index in [-0.39, 0.29) is 11.4 Å². The predicted octanol–water partition coefficient (Wildman–Crippen LogP) is 3.61. The fourth-order valence-electron chi connectivity index (χ4n) is 2.43. The molecule has 1 N–H and O–H groups in total. The molecular weight excluding hydrogens is 368 g/mol. The minimum atomic E-state index is -3.58. The molecule has 0 aliphatic rings. The molecule has 5 nitrogen and oxygen atoms in total. The average molecular weight is 389 g/mol. The summed E-state index contributed by atoms with van der Waals surface area (Å²) in [6.45, 7) is 2.60. The molecule has 136 valence electrons. The number of nitrogens with one attached hydrogen (secondary N) is 1. The van der Waals surface area contributed by atoms with Crippen LogP contribution in [0.1, 0.15) is 22.4 Å². The Morgan fingerprint density at radius 2 is 1.81 bits per heavy atom. The van der Waals surface area contributed by atoms with Gasteiger partial charge in [-0.2, -0.15) is 0 Å². The third-order valence-corrected chi connectivity index (χ3v) is 6.10. The van der Waals surface area contributed by atoms with Gasteiger partial charge in [0.25, 0.3) is 0 Å². The van der Waals surface area contributed by atoms with Crippen molar-refractivity contribution in [3.05, 3.63) is 76.2 Å². The molecule has 0 saturated heterocycles. The van der Waals surface area contributed by atoms with Crippen LogP contribution in [0, 0.1) is 0 Å². The highest BCUT2D eigenvalue weighted by Gasteiger charge is 2.15. The van der Waals surface area contributed by atoms with Gasteiger partial charge in [-0.25, -0.2) is 18.1 Å². The number of hydrogen-bond acceptors (Lipinski definition) is 5. The van der Waals surface area contributed by atoms with Gasteiger partial charge < -0.3 is 4.74 Å². The van der Waals surface area contributed by atoms with Gasteiger partial charge in [0, 0.05) is 17.5 Å². The van der Waals surface area contributed by atoms with Gasteiger partial charge in [0.2, 0.25) is 10.0 Å². The molecule has 0 unspecified atom stereocenters. The topological polar surface area (TPSA) is 68.3 Å². The fourth-order valence-corrected chi connectivity index (χ4v) is 4.41. The van der Waals surface area contributed by atoms with E-state index >= 15 is 0 Å². The zero-order chi connectivity index (χ0) is 18.4. The zero-order valence-electron chi connectivity index (χ0n) is 14.4. The van der Waals surface area contributed by atoms with E-state index in [0.717, 1.165) is 16.3 Å². The van der Waals surface area contributed by atoms with Crippen LogP contribution in [-0.2, 0) is 23.0 Å². The summed E-state index contributed by atoms with van der Waals surface area (Å²) in [5.74, 6) is 0.650. The van der Waals surface area contributed by atoms with Crippen LogP contribution in [0.3, 0.4) is 0 Å². The van der Waals surface area contributed by atoms with Crippen molar-refractivity contribution in [1.29, 1.82) is 0 Å². The zero-order valence-corrected chi connectivity index (χ0v) is 16.0. The first-order valence-electron chi connectivity index (χ1n) is 8.27. The van der Waals surface area contributed by atoms with Crippen molar-refractivity contribution in [2.24, 2.45) is 0 Å². The molecule has 0 bridgehead atoms. The number of sulfonamides is 1. The van der Waals surface area contributed by atoms with Crippen molar-refractivity contribution in [3.63, 3.8) is 0 Å². The Morgan fingerprint density at radius 1 is 1.08 bits per heavy atom. The van der Waals surface area contributed by atoms with Crippen LogP contribution in [0.2, 0.25) is 0 Å². The minimum absolute atomic E-state index is 0.176. The van der Waals surface area contributed by atoms with E-state index in [9.17, 15) is 8.42 Å². The molecule has 0 aliphatic carbocycles. The molecule has 26 heavy (non-hydrogen) atoms. The first-order valence-corrected chi connectivity index (χ1v) is 10.6. The van der Waals surface area contributed by atoms with Crippen molar-refractivity contribution >= 4 is 21.4 Å². The molecule has 7 heteroatoms. The number of ether oxygens (including phenoxy) is 1. The second-order valence-electron chi connectivity index (χ2n) is 5.61. The predicted molar refractivity (Wildman–Crippen MR) is 103 cm³/mol. The normalized spacial score (nSPS) is 11.4. The molecule has 3 aromatic rings. The Labute approximate surface area is 157 Å². The van der Waals surface area contributed by atoms with Crippen LogP contribution < -0.4 is 9.46 Å². The highest BCUT2D eigenvalue weighted by Crippen LogP contribution is 2.19. The van der Waals surface area contributed by atoms with Crippen LogP contribution in [0.4, 0.5) is 0 Å². The number of thiazole rings is 1. The van der Waals surface area contributed by atoms with Crippen molar-refractivity contribution in [2.45, 2.75) is 24.8 Å². The lowest BCUT2D eigenvalue weighted by molar-refractivity contribution is 0.340. The van der Waals surface area contributed by atoms with Gasteiger partial charge in [0.05, 0.1) is 18.0 Å². The monoisotopic (exact) mass is 388 g/mol. The van der Waals surface area contributed by atoms with E-state index in [1.165, 1.54) is 29.0 Å². The number of nitrogens with zero attached hydrogens (tertiary/aromatic N) is 1. The maximum absolute atomic E-state index is 12.4.